The molecule has 1 aliphatic carbocycles. The molecule has 1 nitrogen and oxygen atoms in total. The summed E-state index contributed by atoms with van der Waals surface area (Å²) in [7, 11) is 0. The molecule has 0 atom stereocenters. The van der Waals surface area contributed by atoms with E-state index >= 15 is 0 Å². The fraction of sp³-hybridized carbons (Fsp3) is 0.600. The molecule has 1 aromatic carbocycles. The van der Waals surface area contributed by atoms with Gasteiger partial charge in [0.15, 0.2) is 0 Å². The van der Waals surface area contributed by atoms with Crippen molar-refractivity contribution in [3.05, 3.63) is 33.8 Å². The van der Waals surface area contributed by atoms with Crippen LogP contribution in [0, 0.1) is 5.92 Å². The minimum atomic E-state index is -0.285. The second kappa shape index (κ2) is 5.81. The van der Waals surface area contributed by atoms with Crippen LogP contribution in [0.25, 0.3) is 0 Å². The Morgan fingerprint density at radius 3 is 2.56 bits per heavy atom. The van der Waals surface area contributed by atoms with Crippen molar-refractivity contribution in [1.82, 2.24) is 0 Å². The van der Waals surface area contributed by atoms with Crippen LogP contribution in [0.1, 0.15) is 51.0 Å². The van der Waals surface area contributed by atoms with E-state index in [0.29, 0.717) is 10.0 Å². The standard InChI is InChI=1S/C15H21Cl2N/c1-2-4-11-7-9-15(18,10-8-11)12-5-3-6-13(16)14(12)17/h3,5-6,11H,2,4,7-10,18H2,1H3. The van der Waals surface area contributed by atoms with E-state index < -0.39 is 0 Å². The highest BCUT2D eigenvalue weighted by Crippen LogP contribution is 2.42. The van der Waals surface area contributed by atoms with E-state index in [9.17, 15) is 0 Å². The minimum absolute atomic E-state index is 0.285. The van der Waals surface area contributed by atoms with Gasteiger partial charge in [-0.1, -0.05) is 55.1 Å². The summed E-state index contributed by atoms with van der Waals surface area (Å²) in [4.78, 5) is 0. The Kier molecular flexibility index (Phi) is 4.58. The van der Waals surface area contributed by atoms with Crippen LogP contribution in [-0.2, 0) is 5.54 Å². The third-order valence-electron chi connectivity index (χ3n) is 4.18. The summed E-state index contributed by atoms with van der Waals surface area (Å²) in [6.07, 6.45) is 7.01. The Balaban J connectivity index is 2.16. The van der Waals surface area contributed by atoms with Crippen LogP contribution >= 0.6 is 23.2 Å². The van der Waals surface area contributed by atoms with Crippen LogP contribution in [-0.4, -0.2) is 0 Å². The molecular weight excluding hydrogens is 265 g/mol. The van der Waals surface area contributed by atoms with Crippen LogP contribution in [0.2, 0.25) is 10.0 Å². The maximum atomic E-state index is 6.57. The molecule has 2 N–H and O–H groups in total. The first-order valence-corrected chi connectivity index (χ1v) is 7.56. The topological polar surface area (TPSA) is 26.0 Å². The van der Waals surface area contributed by atoms with E-state index in [1.807, 2.05) is 18.2 Å². The summed E-state index contributed by atoms with van der Waals surface area (Å²) in [5.41, 5.74) is 7.30. The fourth-order valence-electron chi connectivity index (χ4n) is 3.05. The first-order valence-electron chi connectivity index (χ1n) is 6.80. The molecule has 0 bridgehead atoms. The number of halogens is 2. The number of benzene rings is 1. The molecule has 1 fully saturated rings. The molecule has 0 amide bonds. The van der Waals surface area contributed by atoms with E-state index in [4.69, 9.17) is 28.9 Å². The Bertz CT molecular complexity index is 409. The summed E-state index contributed by atoms with van der Waals surface area (Å²) in [5, 5.41) is 1.24. The van der Waals surface area contributed by atoms with Gasteiger partial charge < -0.3 is 5.73 Å². The third kappa shape index (κ3) is 2.84. The average molecular weight is 286 g/mol. The van der Waals surface area contributed by atoms with Gasteiger partial charge in [0.25, 0.3) is 0 Å². The highest BCUT2D eigenvalue weighted by molar-refractivity contribution is 6.42. The van der Waals surface area contributed by atoms with Crippen molar-refractivity contribution >= 4 is 23.2 Å². The van der Waals surface area contributed by atoms with Gasteiger partial charge in [0, 0.05) is 5.54 Å². The van der Waals surface area contributed by atoms with Gasteiger partial charge >= 0.3 is 0 Å². The Morgan fingerprint density at radius 2 is 1.94 bits per heavy atom. The van der Waals surface area contributed by atoms with E-state index in [2.05, 4.69) is 6.92 Å². The maximum absolute atomic E-state index is 6.57. The lowest BCUT2D eigenvalue weighted by molar-refractivity contribution is 0.226. The normalized spacial score (nSPS) is 28.3. The zero-order chi connectivity index (χ0) is 13.2. The smallest absolute Gasteiger partial charge is 0.0642 e. The molecule has 100 valence electrons. The minimum Gasteiger partial charge on any atom is -0.321 e. The van der Waals surface area contributed by atoms with E-state index in [1.165, 1.54) is 25.7 Å². The predicted octanol–water partition coefficient (Wildman–Crippen LogP) is 5.14. The maximum Gasteiger partial charge on any atom is 0.0642 e. The molecule has 3 heteroatoms. The second-order valence-corrected chi connectivity index (χ2v) is 6.27. The van der Waals surface area contributed by atoms with E-state index in [0.717, 1.165) is 24.3 Å². The molecule has 2 rings (SSSR count). The quantitative estimate of drug-likeness (QED) is 0.818. The monoisotopic (exact) mass is 285 g/mol. The van der Waals surface area contributed by atoms with Gasteiger partial charge in [-0.3, -0.25) is 0 Å². The van der Waals surface area contributed by atoms with Crippen molar-refractivity contribution in [3.63, 3.8) is 0 Å². The van der Waals surface area contributed by atoms with Crippen LogP contribution < -0.4 is 5.73 Å². The largest absolute Gasteiger partial charge is 0.321 e. The van der Waals surface area contributed by atoms with Crippen LogP contribution in [0.3, 0.4) is 0 Å². The molecule has 0 unspecified atom stereocenters. The van der Waals surface area contributed by atoms with Gasteiger partial charge in [0.2, 0.25) is 0 Å². The molecular formula is C15H21Cl2N. The van der Waals surface area contributed by atoms with Crippen molar-refractivity contribution in [1.29, 1.82) is 0 Å². The predicted molar refractivity (Wildman–Crippen MR) is 79.2 cm³/mol. The average Bonchev–Trinajstić information content (AvgIpc) is 2.36. The van der Waals surface area contributed by atoms with Crippen molar-refractivity contribution in [3.8, 4) is 0 Å². The zero-order valence-electron chi connectivity index (χ0n) is 10.9. The zero-order valence-corrected chi connectivity index (χ0v) is 12.4. The summed E-state index contributed by atoms with van der Waals surface area (Å²) in [6.45, 7) is 2.25. The molecule has 1 aromatic rings. The lowest BCUT2D eigenvalue weighted by Crippen LogP contribution is -2.40. The number of hydrogen-bond acceptors (Lipinski definition) is 1. The molecule has 1 aliphatic rings. The number of nitrogens with two attached hydrogens (primary N) is 1. The summed E-state index contributed by atoms with van der Waals surface area (Å²) < 4.78 is 0. The van der Waals surface area contributed by atoms with Gasteiger partial charge in [-0.05, 0) is 43.2 Å². The molecule has 0 radical (unpaired) electrons. The Morgan fingerprint density at radius 1 is 1.28 bits per heavy atom. The van der Waals surface area contributed by atoms with Crippen LogP contribution in [0.15, 0.2) is 18.2 Å². The Labute approximate surface area is 120 Å². The number of rotatable bonds is 3. The highest BCUT2D eigenvalue weighted by Gasteiger charge is 2.34. The van der Waals surface area contributed by atoms with Crippen molar-refractivity contribution < 1.29 is 0 Å². The molecule has 0 aliphatic heterocycles. The summed E-state index contributed by atoms with van der Waals surface area (Å²) in [6, 6.07) is 5.78. The lowest BCUT2D eigenvalue weighted by Gasteiger charge is -2.38. The van der Waals surface area contributed by atoms with Crippen molar-refractivity contribution in [2.45, 2.75) is 51.0 Å². The van der Waals surface area contributed by atoms with Crippen molar-refractivity contribution in [2.75, 3.05) is 0 Å². The molecule has 0 aromatic heterocycles. The SMILES string of the molecule is CCCC1CCC(N)(c2cccc(Cl)c2Cl)CC1. The highest BCUT2D eigenvalue weighted by atomic mass is 35.5. The van der Waals surface area contributed by atoms with Crippen molar-refractivity contribution in [2.24, 2.45) is 11.7 Å². The Hall–Kier alpha value is -0.240. The van der Waals surface area contributed by atoms with Gasteiger partial charge in [-0.2, -0.15) is 0 Å². The molecule has 0 spiro atoms. The van der Waals surface area contributed by atoms with Gasteiger partial charge in [0.1, 0.15) is 0 Å². The molecule has 18 heavy (non-hydrogen) atoms. The molecule has 0 saturated heterocycles. The fourth-order valence-corrected chi connectivity index (χ4v) is 3.54. The summed E-state index contributed by atoms with van der Waals surface area (Å²) in [5.74, 6) is 0.838. The second-order valence-electron chi connectivity index (χ2n) is 5.49. The van der Waals surface area contributed by atoms with E-state index in [-0.39, 0.29) is 5.54 Å². The first-order chi connectivity index (χ1) is 8.57. The lowest BCUT2D eigenvalue weighted by atomic mass is 9.72. The van der Waals surface area contributed by atoms with Gasteiger partial charge in [-0.15, -0.1) is 0 Å². The third-order valence-corrected chi connectivity index (χ3v) is 5.00. The molecule has 1 saturated carbocycles. The van der Waals surface area contributed by atoms with Gasteiger partial charge in [-0.25, -0.2) is 0 Å². The van der Waals surface area contributed by atoms with Crippen LogP contribution in [0.4, 0.5) is 0 Å². The number of hydrogen-bond donors (Lipinski definition) is 1. The van der Waals surface area contributed by atoms with E-state index in [1.54, 1.807) is 0 Å². The summed E-state index contributed by atoms with van der Waals surface area (Å²) >= 11 is 12.4. The first kappa shape index (κ1) is 14.2. The van der Waals surface area contributed by atoms with Gasteiger partial charge in [0.05, 0.1) is 10.0 Å². The molecule has 0 heterocycles. The van der Waals surface area contributed by atoms with Crippen LogP contribution in [0.5, 0.6) is 0 Å².